The number of likely N-dealkylation sites (N-methyl/N-ethyl adjacent to an activating group) is 1. The molecular formula is C13H17NO2S2. The molecule has 18 heavy (non-hydrogen) atoms. The number of thioether (sulfide) groups is 1. The van der Waals surface area contributed by atoms with E-state index in [9.17, 15) is 0 Å². The van der Waals surface area contributed by atoms with Gasteiger partial charge in [0.05, 0.1) is 0 Å². The monoisotopic (exact) mass is 283 g/mol. The lowest BCUT2D eigenvalue weighted by Crippen LogP contribution is -2.29. The normalized spacial score (nSPS) is 12.6. The molecule has 3 nitrogen and oxygen atoms in total. The SMILES string of the molecule is CCN(CCc1ccc2c(c1)OCO2)C(=S)SC. The zero-order chi connectivity index (χ0) is 13.0. The van der Waals surface area contributed by atoms with Gasteiger partial charge >= 0.3 is 0 Å². The molecule has 0 bridgehead atoms. The van der Waals surface area contributed by atoms with Crippen molar-refractivity contribution < 1.29 is 9.47 Å². The molecule has 0 saturated heterocycles. The van der Waals surface area contributed by atoms with Crippen LogP contribution in [0.1, 0.15) is 12.5 Å². The molecule has 98 valence electrons. The van der Waals surface area contributed by atoms with Crippen molar-refractivity contribution >= 4 is 28.3 Å². The van der Waals surface area contributed by atoms with E-state index in [1.165, 1.54) is 5.56 Å². The van der Waals surface area contributed by atoms with E-state index in [1.807, 2.05) is 12.3 Å². The Morgan fingerprint density at radius 2 is 2.17 bits per heavy atom. The van der Waals surface area contributed by atoms with E-state index >= 15 is 0 Å². The predicted molar refractivity (Wildman–Crippen MR) is 79.6 cm³/mol. The maximum absolute atomic E-state index is 5.38. The summed E-state index contributed by atoms with van der Waals surface area (Å²) < 4.78 is 11.6. The third-order valence-corrected chi connectivity index (χ3v) is 4.29. The summed E-state index contributed by atoms with van der Waals surface area (Å²) in [4.78, 5) is 2.21. The fraction of sp³-hybridized carbons (Fsp3) is 0.462. The summed E-state index contributed by atoms with van der Waals surface area (Å²) in [5.74, 6) is 1.69. The molecule has 0 N–H and O–H groups in total. The van der Waals surface area contributed by atoms with Crippen LogP contribution in [0.25, 0.3) is 0 Å². The smallest absolute Gasteiger partial charge is 0.231 e. The van der Waals surface area contributed by atoms with Gasteiger partial charge in [-0.05, 0) is 37.3 Å². The van der Waals surface area contributed by atoms with Crippen LogP contribution in [0.4, 0.5) is 0 Å². The van der Waals surface area contributed by atoms with Crippen molar-refractivity contribution in [2.24, 2.45) is 0 Å². The predicted octanol–water partition coefficient (Wildman–Crippen LogP) is 2.93. The van der Waals surface area contributed by atoms with Crippen molar-refractivity contribution in [3.05, 3.63) is 23.8 Å². The summed E-state index contributed by atoms with van der Waals surface area (Å²) in [7, 11) is 0. The summed E-state index contributed by atoms with van der Waals surface area (Å²) in [5.41, 5.74) is 1.25. The lowest BCUT2D eigenvalue weighted by molar-refractivity contribution is 0.174. The Hall–Kier alpha value is -0.940. The Kier molecular flexibility index (Phi) is 4.72. The highest BCUT2D eigenvalue weighted by Crippen LogP contribution is 2.32. The summed E-state index contributed by atoms with van der Waals surface area (Å²) in [5, 5.41) is 0. The van der Waals surface area contributed by atoms with Crippen LogP contribution in [0.3, 0.4) is 0 Å². The summed E-state index contributed by atoms with van der Waals surface area (Å²) in [6.07, 6.45) is 2.98. The lowest BCUT2D eigenvalue weighted by atomic mass is 10.1. The summed E-state index contributed by atoms with van der Waals surface area (Å²) in [6.45, 7) is 4.35. The fourth-order valence-corrected chi connectivity index (χ4v) is 2.57. The van der Waals surface area contributed by atoms with Crippen LogP contribution in [0.15, 0.2) is 18.2 Å². The van der Waals surface area contributed by atoms with E-state index in [1.54, 1.807) is 11.8 Å². The Labute approximate surface area is 117 Å². The first kappa shape index (κ1) is 13.5. The Morgan fingerprint density at radius 3 is 2.89 bits per heavy atom. The number of thiocarbonyl (C=S) groups is 1. The van der Waals surface area contributed by atoms with E-state index in [4.69, 9.17) is 21.7 Å². The van der Waals surface area contributed by atoms with Gasteiger partial charge in [-0.2, -0.15) is 0 Å². The van der Waals surface area contributed by atoms with E-state index in [0.29, 0.717) is 6.79 Å². The number of ether oxygens (including phenoxy) is 2. The van der Waals surface area contributed by atoms with Crippen LogP contribution in [0, 0.1) is 0 Å². The maximum Gasteiger partial charge on any atom is 0.231 e. The Bertz CT molecular complexity index is 437. The topological polar surface area (TPSA) is 21.7 Å². The molecule has 1 heterocycles. The molecule has 0 spiro atoms. The first-order chi connectivity index (χ1) is 8.74. The molecule has 1 aliphatic heterocycles. The average Bonchev–Trinajstić information content (AvgIpc) is 2.86. The number of benzene rings is 1. The molecular weight excluding hydrogens is 266 g/mol. The van der Waals surface area contributed by atoms with E-state index in [-0.39, 0.29) is 0 Å². The van der Waals surface area contributed by atoms with Crippen molar-refractivity contribution in [2.45, 2.75) is 13.3 Å². The third-order valence-electron chi connectivity index (χ3n) is 2.92. The van der Waals surface area contributed by atoms with Crippen molar-refractivity contribution in [1.82, 2.24) is 4.90 Å². The highest BCUT2D eigenvalue weighted by Gasteiger charge is 2.13. The highest BCUT2D eigenvalue weighted by atomic mass is 32.2. The summed E-state index contributed by atoms with van der Waals surface area (Å²) in [6, 6.07) is 6.11. The van der Waals surface area contributed by atoms with E-state index < -0.39 is 0 Å². The number of rotatable bonds is 4. The molecule has 5 heteroatoms. The van der Waals surface area contributed by atoms with Crippen molar-refractivity contribution in [3.63, 3.8) is 0 Å². The van der Waals surface area contributed by atoms with Gasteiger partial charge in [0, 0.05) is 13.1 Å². The zero-order valence-electron chi connectivity index (χ0n) is 10.6. The van der Waals surface area contributed by atoms with Crippen molar-refractivity contribution in [3.8, 4) is 11.5 Å². The van der Waals surface area contributed by atoms with Crippen molar-refractivity contribution in [1.29, 1.82) is 0 Å². The number of hydrogen-bond donors (Lipinski definition) is 0. The minimum atomic E-state index is 0.330. The van der Waals surface area contributed by atoms with Gasteiger partial charge in [-0.15, -0.1) is 11.8 Å². The zero-order valence-corrected chi connectivity index (χ0v) is 12.3. The lowest BCUT2D eigenvalue weighted by Gasteiger charge is -2.22. The summed E-state index contributed by atoms with van der Waals surface area (Å²) >= 11 is 6.94. The number of hydrogen-bond acceptors (Lipinski definition) is 4. The Balaban J connectivity index is 1.95. The first-order valence-electron chi connectivity index (χ1n) is 5.96. The van der Waals surface area contributed by atoms with Crippen LogP contribution in [-0.4, -0.2) is 35.4 Å². The molecule has 0 radical (unpaired) electrons. The molecule has 1 aromatic rings. The van der Waals surface area contributed by atoms with Gasteiger partial charge in [0.15, 0.2) is 11.5 Å². The van der Waals surface area contributed by atoms with E-state index in [2.05, 4.69) is 24.0 Å². The molecule has 0 amide bonds. The van der Waals surface area contributed by atoms with Gasteiger partial charge in [0.25, 0.3) is 0 Å². The standard InChI is InChI=1S/C13H17NO2S2/c1-3-14(13(17)18-2)7-6-10-4-5-11-12(8-10)16-9-15-11/h4-5,8H,3,6-7,9H2,1-2H3. The van der Waals surface area contributed by atoms with Crippen LogP contribution in [0.5, 0.6) is 11.5 Å². The first-order valence-corrected chi connectivity index (χ1v) is 7.59. The average molecular weight is 283 g/mol. The second-order valence-corrected chi connectivity index (χ2v) is 5.43. The molecule has 0 atom stereocenters. The minimum Gasteiger partial charge on any atom is -0.454 e. The second-order valence-electron chi connectivity index (χ2n) is 3.99. The minimum absolute atomic E-state index is 0.330. The third kappa shape index (κ3) is 3.09. The van der Waals surface area contributed by atoms with Gasteiger partial charge in [-0.25, -0.2) is 0 Å². The molecule has 0 saturated carbocycles. The van der Waals surface area contributed by atoms with Crippen LogP contribution in [0.2, 0.25) is 0 Å². The molecule has 1 aromatic carbocycles. The molecule has 0 aliphatic carbocycles. The molecule has 2 rings (SSSR count). The number of fused-ring (bicyclic) bond motifs is 1. The molecule has 0 fully saturated rings. The number of nitrogens with zero attached hydrogens (tertiary/aromatic N) is 1. The fourth-order valence-electron chi connectivity index (χ4n) is 1.87. The van der Waals surface area contributed by atoms with Gasteiger partial charge in [-0.3, -0.25) is 0 Å². The van der Waals surface area contributed by atoms with Gasteiger partial charge in [0.2, 0.25) is 6.79 Å². The largest absolute Gasteiger partial charge is 0.454 e. The molecule has 1 aliphatic rings. The van der Waals surface area contributed by atoms with Crippen LogP contribution in [-0.2, 0) is 6.42 Å². The molecule has 0 aromatic heterocycles. The van der Waals surface area contributed by atoms with Gasteiger partial charge < -0.3 is 14.4 Å². The van der Waals surface area contributed by atoms with Gasteiger partial charge in [0.1, 0.15) is 4.32 Å². The van der Waals surface area contributed by atoms with Crippen LogP contribution >= 0.6 is 24.0 Å². The maximum atomic E-state index is 5.38. The van der Waals surface area contributed by atoms with E-state index in [0.717, 1.165) is 35.3 Å². The highest BCUT2D eigenvalue weighted by molar-refractivity contribution is 8.22. The molecule has 0 unspecified atom stereocenters. The van der Waals surface area contributed by atoms with Crippen LogP contribution < -0.4 is 9.47 Å². The van der Waals surface area contributed by atoms with Gasteiger partial charge in [-0.1, -0.05) is 18.3 Å². The second kappa shape index (κ2) is 6.29. The van der Waals surface area contributed by atoms with Crippen molar-refractivity contribution in [2.75, 3.05) is 26.1 Å². The quantitative estimate of drug-likeness (QED) is 0.790. The Morgan fingerprint density at radius 1 is 1.39 bits per heavy atom.